The first-order valence-corrected chi connectivity index (χ1v) is 7.31. The normalized spacial score (nSPS) is 11.9. The maximum atomic E-state index is 12.1. The molecule has 1 aromatic carbocycles. The van der Waals surface area contributed by atoms with Crippen LogP contribution >= 0.6 is 0 Å². The van der Waals surface area contributed by atoms with Crippen LogP contribution in [0.4, 0.5) is 0 Å². The highest BCUT2D eigenvalue weighted by Gasteiger charge is 2.17. The Balaban J connectivity index is 1.72. The Morgan fingerprint density at radius 1 is 1.24 bits per heavy atom. The van der Waals surface area contributed by atoms with Gasteiger partial charge in [-0.25, -0.2) is 0 Å². The molecule has 0 radical (unpaired) electrons. The number of furan rings is 1. The highest BCUT2D eigenvalue weighted by Crippen LogP contribution is 2.12. The third-order valence-electron chi connectivity index (χ3n) is 3.16. The standard InChI is InChI=1S/C17H21NO3/c1-2-16(21-15-8-4-3-5-9-15)17(19)18-12-6-10-14-11-7-13-20-14/h3-5,7-9,11,13,16H,2,6,10,12H2,1H3,(H,18,19). The van der Waals surface area contributed by atoms with E-state index in [0.29, 0.717) is 13.0 Å². The van der Waals surface area contributed by atoms with Gasteiger partial charge in [-0.2, -0.15) is 0 Å². The predicted molar refractivity (Wildman–Crippen MR) is 81.2 cm³/mol. The van der Waals surface area contributed by atoms with Crippen molar-refractivity contribution in [2.75, 3.05) is 6.54 Å². The maximum Gasteiger partial charge on any atom is 0.261 e. The van der Waals surface area contributed by atoms with Crippen molar-refractivity contribution in [3.63, 3.8) is 0 Å². The smallest absolute Gasteiger partial charge is 0.261 e. The van der Waals surface area contributed by atoms with Gasteiger partial charge in [-0.05, 0) is 37.1 Å². The lowest BCUT2D eigenvalue weighted by Gasteiger charge is -2.17. The average Bonchev–Trinajstić information content (AvgIpc) is 3.03. The summed E-state index contributed by atoms with van der Waals surface area (Å²) in [6.45, 7) is 2.56. The van der Waals surface area contributed by atoms with Gasteiger partial charge in [0.2, 0.25) is 0 Å². The van der Waals surface area contributed by atoms with Gasteiger partial charge in [0.25, 0.3) is 5.91 Å². The number of ether oxygens (including phenoxy) is 1. The van der Waals surface area contributed by atoms with Crippen LogP contribution in [0.5, 0.6) is 5.75 Å². The summed E-state index contributed by atoms with van der Waals surface area (Å²) in [7, 11) is 0. The van der Waals surface area contributed by atoms with E-state index in [1.54, 1.807) is 6.26 Å². The molecule has 0 bridgehead atoms. The summed E-state index contributed by atoms with van der Waals surface area (Å²) < 4.78 is 10.9. The van der Waals surface area contributed by atoms with Crippen LogP contribution in [-0.2, 0) is 11.2 Å². The van der Waals surface area contributed by atoms with E-state index in [1.165, 1.54) is 0 Å². The summed E-state index contributed by atoms with van der Waals surface area (Å²) in [5.74, 6) is 1.59. The van der Waals surface area contributed by atoms with Crippen molar-refractivity contribution in [2.24, 2.45) is 0 Å². The number of rotatable bonds is 8. The Morgan fingerprint density at radius 2 is 2.05 bits per heavy atom. The van der Waals surface area contributed by atoms with Gasteiger partial charge >= 0.3 is 0 Å². The number of hydrogen-bond donors (Lipinski definition) is 1. The van der Waals surface area contributed by atoms with E-state index in [0.717, 1.165) is 24.4 Å². The highest BCUT2D eigenvalue weighted by atomic mass is 16.5. The minimum Gasteiger partial charge on any atom is -0.481 e. The molecule has 2 rings (SSSR count). The topological polar surface area (TPSA) is 51.5 Å². The highest BCUT2D eigenvalue weighted by molar-refractivity contribution is 5.81. The van der Waals surface area contributed by atoms with Crippen LogP contribution in [0.25, 0.3) is 0 Å². The molecule has 4 heteroatoms. The number of carbonyl (C=O) groups excluding carboxylic acids is 1. The van der Waals surface area contributed by atoms with E-state index < -0.39 is 6.10 Å². The quantitative estimate of drug-likeness (QED) is 0.759. The molecule has 1 unspecified atom stereocenters. The van der Waals surface area contributed by atoms with Gasteiger partial charge in [-0.3, -0.25) is 4.79 Å². The molecule has 1 atom stereocenters. The van der Waals surface area contributed by atoms with Crippen LogP contribution < -0.4 is 10.1 Å². The van der Waals surface area contributed by atoms with Crippen molar-refractivity contribution >= 4 is 5.91 Å². The van der Waals surface area contributed by atoms with Crippen LogP contribution in [0.3, 0.4) is 0 Å². The molecule has 112 valence electrons. The van der Waals surface area contributed by atoms with Gasteiger partial charge in [-0.1, -0.05) is 25.1 Å². The molecule has 1 N–H and O–H groups in total. The zero-order chi connectivity index (χ0) is 14.9. The van der Waals surface area contributed by atoms with E-state index in [2.05, 4.69) is 5.32 Å². The van der Waals surface area contributed by atoms with Gasteiger partial charge in [0, 0.05) is 13.0 Å². The third-order valence-corrected chi connectivity index (χ3v) is 3.16. The Labute approximate surface area is 125 Å². The third kappa shape index (κ3) is 4.99. The fraction of sp³-hybridized carbons (Fsp3) is 0.353. The van der Waals surface area contributed by atoms with Gasteiger partial charge in [0.1, 0.15) is 11.5 Å². The molecule has 0 aliphatic heterocycles. The molecule has 1 heterocycles. The van der Waals surface area contributed by atoms with E-state index in [4.69, 9.17) is 9.15 Å². The lowest BCUT2D eigenvalue weighted by atomic mass is 10.2. The van der Waals surface area contributed by atoms with Crippen molar-refractivity contribution in [3.05, 3.63) is 54.5 Å². The van der Waals surface area contributed by atoms with Crippen molar-refractivity contribution in [1.82, 2.24) is 5.32 Å². The number of hydrogen-bond acceptors (Lipinski definition) is 3. The minimum absolute atomic E-state index is 0.0687. The Bertz CT molecular complexity index is 522. The lowest BCUT2D eigenvalue weighted by Crippen LogP contribution is -2.38. The minimum atomic E-state index is -0.448. The fourth-order valence-corrected chi connectivity index (χ4v) is 2.03. The van der Waals surface area contributed by atoms with Crippen LogP contribution in [-0.4, -0.2) is 18.6 Å². The first-order chi connectivity index (χ1) is 10.3. The lowest BCUT2D eigenvalue weighted by molar-refractivity contribution is -0.128. The summed E-state index contributed by atoms with van der Waals surface area (Å²) in [4.78, 5) is 12.1. The first kappa shape index (κ1) is 15.2. The molecule has 0 saturated carbocycles. The average molecular weight is 287 g/mol. The Morgan fingerprint density at radius 3 is 2.71 bits per heavy atom. The molecule has 0 aliphatic rings. The van der Waals surface area contributed by atoms with Crippen LogP contribution in [0.15, 0.2) is 53.1 Å². The number of para-hydroxylation sites is 1. The van der Waals surface area contributed by atoms with Crippen LogP contribution in [0.1, 0.15) is 25.5 Å². The molecule has 0 aliphatic carbocycles. The van der Waals surface area contributed by atoms with Gasteiger partial charge < -0.3 is 14.5 Å². The summed E-state index contributed by atoms with van der Waals surface area (Å²) in [5, 5.41) is 2.91. The number of carbonyl (C=O) groups is 1. The number of benzene rings is 1. The molecule has 0 fully saturated rings. The summed E-state index contributed by atoms with van der Waals surface area (Å²) in [5.41, 5.74) is 0. The first-order valence-electron chi connectivity index (χ1n) is 7.31. The van der Waals surface area contributed by atoms with Crippen molar-refractivity contribution in [1.29, 1.82) is 0 Å². The second-order valence-electron chi connectivity index (χ2n) is 4.80. The summed E-state index contributed by atoms with van der Waals surface area (Å²) >= 11 is 0. The molecule has 1 aromatic heterocycles. The van der Waals surface area contributed by atoms with Crippen molar-refractivity contribution in [3.8, 4) is 5.75 Å². The molecule has 4 nitrogen and oxygen atoms in total. The van der Waals surface area contributed by atoms with E-state index in [1.807, 2.05) is 49.4 Å². The molecule has 0 spiro atoms. The van der Waals surface area contributed by atoms with Gasteiger partial charge in [0.15, 0.2) is 6.10 Å². The molecule has 21 heavy (non-hydrogen) atoms. The van der Waals surface area contributed by atoms with Gasteiger partial charge in [-0.15, -0.1) is 0 Å². The van der Waals surface area contributed by atoms with E-state index in [9.17, 15) is 4.79 Å². The van der Waals surface area contributed by atoms with Crippen molar-refractivity contribution < 1.29 is 13.9 Å². The van der Waals surface area contributed by atoms with Crippen LogP contribution in [0, 0.1) is 0 Å². The molecule has 1 amide bonds. The summed E-state index contributed by atoms with van der Waals surface area (Å²) in [6, 6.07) is 13.2. The largest absolute Gasteiger partial charge is 0.481 e. The Kier molecular flexibility index (Phi) is 5.88. The van der Waals surface area contributed by atoms with Crippen molar-refractivity contribution in [2.45, 2.75) is 32.3 Å². The van der Waals surface area contributed by atoms with Crippen LogP contribution in [0.2, 0.25) is 0 Å². The monoisotopic (exact) mass is 287 g/mol. The zero-order valence-electron chi connectivity index (χ0n) is 12.2. The number of amides is 1. The molecular formula is C17H21NO3. The molecule has 2 aromatic rings. The molecule has 0 saturated heterocycles. The Hall–Kier alpha value is -2.23. The summed E-state index contributed by atoms with van der Waals surface area (Å²) in [6.07, 6.45) is 3.52. The fourth-order valence-electron chi connectivity index (χ4n) is 2.03. The maximum absolute atomic E-state index is 12.1. The second-order valence-corrected chi connectivity index (χ2v) is 4.80. The predicted octanol–water partition coefficient (Wildman–Crippen LogP) is 3.19. The number of aryl methyl sites for hydroxylation is 1. The van der Waals surface area contributed by atoms with Gasteiger partial charge in [0.05, 0.1) is 6.26 Å². The van der Waals surface area contributed by atoms with E-state index >= 15 is 0 Å². The zero-order valence-corrected chi connectivity index (χ0v) is 12.2. The molecular weight excluding hydrogens is 266 g/mol. The van der Waals surface area contributed by atoms with E-state index in [-0.39, 0.29) is 5.91 Å². The SMILES string of the molecule is CCC(Oc1ccccc1)C(=O)NCCCc1ccco1. The number of nitrogens with one attached hydrogen (secondary N) is 1. The second kappa shape index (κ2) is 8.15.